The predicted octanol–water partition coefficient (Wildman–Crippen LogP) is 3.07. The first-order chi connectivity index (χ1) is 9.31. The van der Waals surface area contributed by atoms with Crippen molar-refractivity contribution in [2.24, 2.45) is 0 Å². The molecule has 1 N–H and O–H groups in total. The molecule has 19 heavy (non-hydrogen) atoms. The molecule has 0 unspecified atom stereocenters. The quantitative estimate of drug-likeness (QED) is 0.840. The van der Waals surface area contributed by atoms with E-state index in [-0.39, 0.29) is 0 Å². The van der Waals surface area contributed by atoms with Crippen LogP contribution in [0.15, 0.2) is 18.2 Å². The summed E-state index contributed by atoms with van der Waals surface area (Å²) in [6, 6.07) is 6.19. The molecule has 0 atom stereocenters. The number of anilines is 1. The van der Waals surface area contributed by atoms with Crippen molar-refractivity contribution in [3.05, 3.63) is 28.8 Å². The third-order valence-electron chi connectivity index (χ3n) is 3.35. The van der Waals surface area contributed by atoms with Gasteiger partial charge in [0.2, 0.25) is 0 Å². The number of nitrogens with one attached hydrogen (secondary N) is 1. The van der Waals surface area contributed by atoms with Gasteiger partial charge in [-0.1, -0.05) is 18.5 Å². The first-order valence-electron chi connectivity index (χ1n) is 7.13. The molecule has 1 aliphatic heterocycles. The van der Waals surface area contributed by atoms with Crippen LogP contribution in [-0.2, 0) is 11.3 Å². The first-order valence-corrected chi connectivity index (χ1v) is 7.51. The number of nitrogens with zero attached hydrogens (tertiary/aromatic N) is 1. The molecule has 0 amide bonds. The Balaban J connectivity index is 2.12. The standard InChI is InChI=1S/C15H23ClN2O/c1-2-6-17-12-13-11-14(16)4-5-15(13)18-7-3-9-19-10-8-18/h4-5,11,17H,2-3,6-10,12H2,1H3. The van der Waals surface area contributed by atoms with Gasteiger partial charge >= 0.3 is 0 Å². The lowest BCUT2D eigenvalue weighted by Gasteiger charge is -2.25. The fourth-order valence-electron chi connectivity index (χ4n) is 2.39. The molecule has 2 rings (SSSR count). The largest absolute Gasteiger partial charge is 0.380 e. The van der Waals surface area contributed by atoms with E-state index in [1.165, 1.54) is 11.3 Å². The third kappa shape index (κ3) is 4.37. The molecule has 1 fully saturated rings. The van der Waals surface area contributed by atoms with E-state index < -0.39 is 0 Å². The summed E-state index contributed by atoms with van der Waals surface area (Å²) >= 11 is 6.13. The van der Waals surface area contributed by atoms with Crippen LogP contribution >= 0.6 is 11.6 Å². The van der Waals surface area contributed by atoms with Crippen LogP contribution in [0, 0.1) is 0 Å². The molecule has 1 saturated heterocycles. The number of halogens is 1. The molecule has 0 spiro atoms. The molecule has 1 aromatic rings. The number of rotatable bonds is 5. The Morgan fingerprint density at radius 3 is 3.05 bits per heavy atom. The zero-order valence-electron chi connectivity index (χ0n) is 11.6. The molecule has 106 valence electrons. The zero-order valence-corrected chi connectivity index (χ0v) is 12.4. The van der Waals surface area contributed by atoms with Gasteiger partial charge in [-0.15, -0.1) is 0 Å². The van der Waals surface area contributed by atoms with Crippen LogP contribution in [0.3, 0.4) is 0 Å². The van der Waals surface area contributed by atoms with E-state index >= 15 is 0 Å². The third-order valence-corrected chi connectivity index (χ3v) is 3.58. The van der Waals surface area contributed by atoms with Gasteiger partial charge in [0.25, 0.3) is 0 Å². The Morgan fingerprint density at radius 2 is 2.21 bits per heavy atom. The second kappa shape index (κ2) is 7.73. The molecular weight excluding hydrogens is 260 g/mol. The molecular formula is C15H23ClN2O. The van der Waals surface area contributed by atoms with Gasteiger partial charge in [-0.3, -0.25) is 0 Å². The Hall–Kier alpha value is -0.770. The van der Waals surface area contributed by atoms with Crippen LogP contribution in [0.1, 0.15) is 25.3 Å². The van der Waals surface area contributed by atoms with Gasteiger partial charge in [0, 0.05) is 37.0 Å². The van der Waals surface area contributed by atoms with Gasteiger partial charge in [0.1, 0.15) is 0 Å². The molecule has 4 heteroatoms. The van der Waals surface area contributed by atoms with E-state index in [1.807, 2.05) is 6.07 Å². The maximum absolute atomic E-state index is 6.13. The van der Waals surface area contributed by atoms with Crippen LogP contribution < -0.4 is 10.2 Å². The Morgan fingerprint density at radius 1 is 1.32 bits per heavy atom. The summed E-state index contributed by atoms with van der Waals surface area (Å²) in [4.78, 5) is 2.41. The van der Waals surface area contributed by atoms with Crippen molar-refractivity contribution in [1.82, 2.24) is 5.32 Å². The van der Waals surface area contributed by atoms with Gasteiger partial charge in [-0.2, -0.15) is 0 Å². The minimum absolute atomic E-state index is 0.808. The summed E-state index contributed by atoms with van der Waals surface area (Å²) in [5.41, 5.74) is 2.57. The summed E-state index contributed by atoms with van der Waals surface area (Å²) in [7, 11) is 0. The number of ether oxygens (including phenoxy) is 1. The molecule has 3 nitrogen and oxygen atoms in total. The van der Waals surface area contributed by atoms with Crippen LogP contribution in [0.25, 0.3) is 0 Å². The van der Waals surface area contributed by atoms with Gasteiger partial charge in [-0.25, -0.2) is 0 Å². The smallest absolute Gasteiger partial charge is 0.0641 e. The van der Waals surface area contributed by atoms with Crippen LogP contribution in [-0.4, -0.2) is 32.8 Å². The van der Waals surface area contributed by atoms with Gasteiger partial charge in [0.05, 0.1) is 6.61 Å². The monoisotopic (exact) mass is 282 g/mol. The van der Waals surface area contributed by atoms with Gasteiger partial charge in [-0.05, 0) is 43.1 Å². The van der Waals surface area contributed by atoms with E-state index in [2.05, 4.69) is 29.3 Å². The second-order valence-corrected chi connectivity index (χ2v) is 5.34. The van der Waals surface area contributed by atoms with Crippen molar-refractivity contribution >= 4 is 17.3 Å². The average molecular weight is 283 g/mol. The lowest BCUT2D eigenvalue weighted by Crippen LogP contribution is -2.28. The molecule has 0 saturated carbocycles. The highest BCUT2D eigenvalue weighted by molar-refractivity contribution is 6.30. The molecule has 1 aromatic carbocycles. The summed E-state index contributed by atoms with van der Waals surface area (Å²) in [6.07, 6.45) is 2.23. The Kier molecular flexibility index (Phi) is 5.95. The van der Waals surface area contributed by atoms with Crippen molar-refractivity contribution in [1.29, 1.82) is 0 Å². The van der Waals surface area contributed by atoms with Gasteiger partial charge in [0.15, 0.2) is 0 Å². The van der Waals surface area contributed by atoms with Crippen molar-refractivity contribution in [2.75, 3.05) is 37.7 Å². The van der Waals surface area contributed by atoms with Crippen molar-refractivity contribution in [2.45, 2.75) is 26.3 Å². The Bertz CT molecular complexity index is 390. The summed E-state index contributed by atoms with van der Waals surface area (Å²) < 4.78 is 5.52. The summed E-state index contributed by atoms with van der Waals surface area (Å²) in [5.74, 6) is 0. The van der Waals surface area contributed by atoms with E-state index in [4.69, 9.17) is 16.3 Å². The number of benzene rings is 1. The fourth-order valence-corrected chi connectivity index (χ4v) is 2.59. The highest BCUT2D eigenvalue weighted by Crippen LogP contribution is 2.25. The number of hydrogen-bond acceptors (Lipinski definition) is 3. The summed E-state index contributed by atoms with van der Waals surface area (Å²) in [6.45, 7) is 7.79. The molecule has 0 aromatic heterocycles. The Labute approximate surface area is 120 Å². The minimum atomic E-state index is 0.808. The van der Waals surface area contributed by atoms with Crippen LogP contribution in [0.5, 0.6) is 0 Å². The molecule has 1 aliphatic rings. The van der Waals surface area contributed by atoms with E-state index in [9.17, 15) is 0 Å². The topological polar surface area (TPSA) is 24.5 Å². The van der Waals surface area contributed by atoms with Crippen LogP contribution in [0.4, 0.5) is 5.69 Å². The van der Waals surface area contributed by atoms with E-state index in [1.54, 1.807) is 0 Å². The minimum Gasteiger partial charge on any atom is -0.380 e. The SMILES string of the molecule is CCCNCc1cc(Cl)ccc1N1CCCOCC1. The first kappa shape index (κ1) is 14.6. The summed E-state index contributed by atoms with van der Waals surface area (Å²) in [5, 5.41) is 4.27. The zero-order chi connectivity index (χ0) is 13.5. The molecule has 0 bridgehead atoms. The fraction of sp³-hybridized carbons (Fsp3) is 0.600. The molecule has 0 aliphatic carbocycles. The highest BCUT2D eigenvalue weighted by atomic mass is 35.5. The average Bonchev–Trinajstić information content (AvgIpc) is 2.68. The second-order valence-electron chi connectivity index (χ2n) is 4.90. The van der Waals surface area contributed by atoms with Crippen molar-refractivity contribution in [3.63, 3.8) is 0 Å². The maximum atomic E-state index is 6.13. The predicted molar refractivity (Wildman–Crippen MR) is 81.1 cm³/mol. The lowest BCUT2D eigenvalue weighted by molar-refractivity contribution is 0.152. The molecule has 0 radical (unpaired) electrons. The molecule has 1 heterocycles. The van der Waals surface area contributed by atoms with E-state index in [0.29, 0.717) is 0 Å². The van der Waals surface area contributed by atoms with Gasteiger partial charge < -0.3 is 15.0 Å². The van der Waals surface area contributed by atoms with E-state index in [0.717, 1.165) is 57.3 Å². The normalized spacial score (nSPS) is 16.4. The maximum Gasteiger partial charge on any atom is 0.0641 e. The highest BCUT2D eigenvalue weighted by Gasteiger charge is 2.13. The van der Waals surface area contributed by atoms with Crippen molar-refractivity contribution < 1.29 is 4.74 Å². The number of hydrogen-bond donors (Lipinski definition) is 1. The lowest BCUT2D eigenvalue weighted by atomic mass is 10.1. The van der Waals surface area contributed by atoms with Crippen molar-refractivity contribution in [3.8, 4) is 0 Å². The van der Waals surface area contributed by atoms with Crippen LogP contribution in [0.2, 0.25) is 5.02 Å².